The zero-order valence-corrected chi connectivity index (χ0v) is 10.7. The Balaban J connectivity index is 2.68. The Morgan fingerprint density at radius 1 is 1.35 bits per heavy atom. The molecule has 2 unspecified atom stereocenters. The van der Waals surface area contributed by atoms with Crippen molar-refractivity contribution in [3.8, 4) is 0 Å². The molecular formula is C13H14F3NO3. The minimum Gasteiger partial charge on any atom is -0.480 e. The highest BCUT2D eigenvalue weighted by Gasteiger charge is 2.22. The van der Waals surface area contributed by atoms with Crippen LogP contribution in [0.4, 0.5) is 13.2 Å². The van der Waals surface area contributed by atoms with Crippen LogP contribution in [0.5, 0.6) is 0 Å². The third-order valence-electron chi connectivity index (χ3n) is 2.77. The van der Waals surface area contributed by atoms with Gasteiger partial charge in [0.2, 0.25) is 5.91 Å². The molecule has 0 bridgehead atoms. The smallest absolute Gasteiger partial charge is 0.328 e. The molecule has 110 valence electrons. The molecule has 1 aromatic rings. The lowest BCUT2D eigenvalue weighted by atomic mass is 9.96. The van der Waals surface area contributed by atoms with Gasteiger partial charge < -0.3 is 10.4 Å². The molecule has 0 radical (unpaired) electrons. The topological polar surface area (TPSA) is 66.4 Å². The Bertz CT molecular complexity index is 508. The zero-order chi connectivity index (χ0) is 15.3. The molecule has 0 aliphatic carbocycles. The second-order valence-electron chi connectivity index (χ2n) is 4.38. The minimum atomic E-state index is -1.62. The van der Waals surface area contributed by atoms with Gasteiger partial charge in [0.05, 0.1) is 0 Å². The molecule has 0 fully saturated rings. The van der Waals surface area contributed by atoms with E-state index in [1.165, 1.54) is 13.0 Å². The molecule has 2 N–H and O–H groups in total. The molecule has 0 aliphatic rings. The normalized spacial score (nSPS) is 13.6. The molecule has 1 rings (SSSR count). The number of alkyl halides is 1. The summed E-state index contributed by atoms with van der Waals surface area (Å²) in [6.07, 6.45) is -0.230. The van der Waals surface area contributed by atoms with Crippen LogP contribution in [0.25, 0.3) is 0 Å². The number of carbonyl (C=O) groups excluding carboxylic acids is 1. The molecule has 7 heteroatoms. The molecule has 0 heterocycles. The van der Waals surface area contributed by atoms with Gasteiger partial charge in [0, 0.05) is 12.5 Å². The van der Waals surface area contributed by atoms with Gasteiger partial charge in [0.1, 0.15) is 18.3 Å². The first-order valence-corrected chi connectivity index (χ1v) is 5.88. The van der Waals surface area contributed by atoms with Crippen molar-refractivity contribution in [3.05, 3.63) is 35.4 Å². The van der Waals surface area contributed by atoms with Crippen molar-refractivity contribution in [2.45, 2.75) is 25.3 Å². The first kappa shape index (κ1) is 16.0. The zero-order valence-electron chi connectivity index (χ0n) is 10.7. The Morgan fingerprint density at radius 2 is 2.00 bits per heavy atom. The van der Waals surface area contributed by atoms with E-state index in [1.54, 1.807) is 0 Å². The summed E-state index contributed by atoms with van der Waals surface area (Å²) < 4.78 is 38.6. The summed E-state index contributed by atoms with van der Waals surface area (Å²) in [5.41, 5.74) is 0.133. The van der Waals surface area contributed by atoms with E-state index in [9.17, 15) is 22.8 Å². The van der Waals surface area contributed by atoms with Crippen molar-refractivity contribution in [2.24, 2.45) is 0 Å². The van der Waals surface area contributed by atoms with Gasteiger partial charge in [-0.3, -0.25) is 4.79 Å². The molecular weight excluding hydrogens is 275 g/mol. The highest BCUT2D eigenvalue weighted by molar-refractivity contribution is 5.84. The van der Waals surface area contributed by atoms with Crippen LogP contribution < -0.4 is 5.32 Å². The number of nitrogens with one attached hydrogen (secondary N) is 1. The SMILES string of the molecule is CC(CC(=O)NC(CF)C(=O)O)c1ccc(F)cc1F. The summed E-state index contributed by atoms with van der Waals surface area (Å²) in [7, 11) is 0. The first-order chi connectivity index (χ1) is 9.35. The van der Waals surface area contributed by atoms with Gasteiger partial charge in [-0.05, 0) is 17.5 Å². The Kier molecular flexibility index (Phi) is 5.54. The summed E-state index contributed by atoms with van der Waals surface area (Å²) in [5.74, 6) is -4.31. The maximum absolute atomic E-state index is 13.5. The van der Waals surface area contributed by atoms with Gasteiger partial charge in [-0.15, -0.1) is 0 Å². The Labute approximate surface area is 113 Å². The van der Waals surface area contributed by atoms with Crippen LogP contribution in [0.3, 0.4) is 0 Å². The van der Waals surface area contributed by atoms with E-state index in [0.717, 1.165) is 6.07 Å². The van der Waals surface area contributed by atoms with Crippen LogP contribution in [0.1, 0.15) is 24.8 Å². The van der Waals surface area contributed by atoms with Gasteiger partial charge in [-0.1, -0.05) is 13.0 Å². The highest BCUT2D eigenvalue weighted by atomic mass is 19.1. The number of halogens is 3. The molecule has 4 nitrogen and oxygen atoms in total. The van der Waals surface area contributed by atoms with Gasteiger partial charge >= 0.3 is 5.97 Å². The van der Waals surface area contributed by atoms with E-state index in [1.807, 2.05) is 5.32 Å². The van der Waals surface area contributed by atoms with Crippen LogP contribution in [0, 0.1) is 11.6 Å². The molecule has 0 saturated heterocycles. The number of carbonyl (C=O) groups is 2. The third kappa shape index (κ3) is 4.25. The van der Waals surface area contributed by atoms with E-state index in [0.29, 0.717) is 6.07 Å². The number of benzene rings is 1. The Hall–Kier alpha value is -2.05. The number of hydrogen-bond acceptors (Lipinski definition) is 2. The average molecular weight is 289 g/mol. The van der Waals surface area contributed by atoms with E-state index in [4.69, 9.17) is 5.11 Å². The molecule has 0 spiro atoms. The van der Waals surface area contributed by atoms with Crippen LogP contribution in [0.2, 0.25) is 0 Å². The maximum Gasteiger partial charge on any atom is 0.328 e. The highest BCUT2D eigenvalue weighted by Crippen LogP contribution is 2.22. The fourth-order valence-corrected chi connectivity index (χ4v) is 1.71. The quantitative estimate of drug-likeness (QED) is 0.841. The summed E-state index contributed by atoms with van der Waals surface area (Å²) in [5, 5.41) is 10.6. The fraction of sp³-hybridized carbons (Fsp3) is 0.385. The van der Waals surface area contributed by atoms with Crippen LogP contribution in [-0.2, 0) is 9.59 Å². The maximum atomic E-state index is 13.5. The van der Waals surface area contributed by atoms with Gasteiger partial charge in [-0.2, -0.15) is 0 Å². The van der Waals surface area contributed by atoms with Gasteiger partial charge in [0.25, 0.3) is 0 Å². The van der Waals surface area contributed by atoms with Crippen LogP contribution >= 0.6 is 0 Å². The van der Waals surface area contributed by atoms with Crippen molar-refractivity contribution in [3.63, 3.8) is 0 Å². The van der Waals surface area contributed by atoms with Crippen molar-refractivity contribution in [2.75, 3.05) is 6.67 Å². The summed E-state index contributed by atoms with van der Waals surface area (Å²) in [4.78, 5) is 22.1. The van der Waals surface area contributed by atoms with Crippen LogP contribution in [-0.4, -0.2) is 29.7 Å². The summed E-state index contributed by atoms with van der Waals surface area (Å²) in [6.45, 7) is 0.293. The third-order valence-corrected chi connectivity index (χ3v) is 2.77. The van der Waals surface area contributed by atoms with E-state index in [-0.39, 0.29) is 12.0 Å². The lowest BCUT2D eigenvalue weighted by Gasteiger charge is -2.15. The molecule has 0 saturated carbocycles. The van der Waals surface area contributed by atoms with Crippen molar-refractivity contribution < 1.29 is 27.9 Å². The van der Waals surface area contributed by atoms with E-state index >= 15 is 0 Å². The molecule has 1 aromatic carbocycles. The standard InChI is InChI=1S/C13H14F3NO3/c1-7(9-3-2-8(15)5-10(9)16)4-12(18)17-11(6-14)13(19)20/h2-3,5,7,11H,4,6H2,1H3,(H,17,18)(H,19,20). The predicted octanol–water partition coefficient (Wildman–Crippen LogP) is 2.00. The Morgan fingerprint density at radius 3 is 2.50 bits per heavy atom. The molecule has 0 aromatic heterocycles. The van der Waals surface area contributed by atoms with Crippen molar-refractivity contribution >= 4 is 11.9 Å². The molecule has 0 aliphatic heterocycles. The first-order valence-electron chi connectivity index (χ1n) is 5.88. The second kappa shape index (κ2) is 6.93. The minimum absolute atomic E-state index is 0.133. The lowest BCUT2D eigenvalue weighted by molar-refractivity contribution is -0.142. The summed E-state index contributed by atoms with van der Waals surface area (Å²) >= 11 is 0. The van der Waals surface area contributed by atoms with Crippen molar-refractivity contribution in [1.29, 1.82) is 0 Å². The predicted molar refractivity (Wildman–Crippen MR) is 64.9 cm³/mol. The largest absolute Gasteiger partial charge is 0.480 e. The number of rotatable bonds is 6. The lowest BCUT2D eigenvalue weighted by Crippen LogP contribution is -2.42. The molecule has 20 heavy (non-hydrogen) atoms. The van der Waals surface area contributed by atoms with Gasteiger partial charge in [0.15, 0.2) is 6.04 Å². The number of carboxylic acids is 1. The second-order valence-corrected chi connectivity index (χ2v) is 4.38. The van der Waals surface area contributed by atoms with Gasteiger partial charge in [-0.25, -0.2) is 18.0 Å². The molecule has 1 amide bonds. The van der Waals surface area contributed by atoms with Crippen LogP contribution in [0.15, 0.2) is 18.2 Å². The number of hydrogen-bond donors (Lipinski definition) is 2. The number of amides is 1. The van der Waals surface area contributed by atoms with E-state index < -0.39 is 42.1 Å². The molecule has 2 atom stereocenters. The average Bonchev–Trinajstić information content (AvgIpc) is 2.35. The van der Waals surface area contributed by atoms with Crippen molar-refractivity contribution in [1.82, 2.24) is 5.32 Å². The van der Waals surface area contributed by atoms with E-state index in [2.05, 4.69) is 0 Å². The monoisotopic (exact) mass is 289 g/mol. The fourth-order valence-electron chi connectivity index (χ4n) is 1.71. The number of carboxylic acid groups (broad SMARTS) is 1. The summed E-state index contributed by atoms with van der Waals surface area (Å²) in [6, 6.07) is 1.36. The number of aliphatic carboxylic acids is 1.